The predicted octanol–water partition coefficient (Wildman–Crippen LogP) is 4.20. The van der Waals surface area contributed by atoms with E-state index in [1.165, 1.54) is 0 Å². The van der Waals surface area contributed by atoms with E-state index in [0.717, 1.165) is 17.5 Å². The molecule has 0 saturated heterocycles. The first-order valence-electron chi connectivity index (χ1n) is 8.67. The van der Waals surface area contributed by atoms with Crippen LogP contribution in [0.15, 0.2) is 60.7 Å². The quantitative estimate of drug-likeness (QED) is 0.738. The van der Waals surface area contributed by atoms with Crippen molar-refractivity contribution in [1.29, 1.82) is 0 Å². The molecule has 0 radical (unpaired) electrons. The number of hydrogen-bond donors (Lipinski definition) is 3. The molecule has 25 heavy (non-hydrogen) atoms. The summed E-state index contributed by atoms with van der Waals surface area (Å²) in [5, 5.41) is 15.6. The van der Waals surface area contributed by atoms with E-state index in [4.69, 9.17) is 0 Å². The molecule has 0 fully saturated rings. The van der Waals surface area contributed by atoms with E-state index < -0.39 is 6.04 Å². The molecular weight excluding hydrogens is 312 g/mol. The fourth-order valence-corrected chi connectivity index (χ4v) is 2.83. The second kappa shape index (κ2) is 8.67. The third-order valence-corrected chi connectivity index (χ3v) is 4.01. The summed E-state index contributed by atoms with van der Waals surface area (Å²) in [5.41, 5.74) is 2.03. The van der Waals surface area contributed by atoms with Crippen LogP contribution in [0.4, 0.5) is 4.79 Å². The first kappa shape index (κ1) is 19.0. The van der Waals surface area contributed by atoms with Crippen LogP contribution in [0.5, 0.6) is 0 Å². The second-order valence-corrected chi connectivity index (χ2v) is 7.49. The maximum absolute atomic E-state index is 12.5. The molecule has 0 bridgehead atoms. The number of hydrogen-bond acceptors (Lipinski definition) is 2. The normalized spacial score (nSPS) is 13.8. The van der Waals surface area contributed by atoms with Crippen LogP contribution in [0.1, 0.15) is 50.4 Å². The number of carbonyl (C=O) groups is 1. The van der Waals surface area contributed by atoms with Crippen molar-refractivity contribution in [1.82, 2.24) is 10.6 Å². The van der Waals surface area contributed by atoms with Crippen LogP contribution in [-0.4, -0.2) is 17.7 Å². The highest BCUT2D eigenvalue weighted by Gasteiger charge is 2.23. The Kier molecular flexibility index (Phi) is 6.59. The summed E-state index contributed by atoms with van der Waals surface area (Å²) < 4.78 is 0. The molecule has 2 aromatic rings. The van der Waals surface area contributed by atoms with Gasteiger partial charge in [-0.2, -0.15) is 0 Å². The first-order chi connectivity index (χ1) is 11.9. The van der Waals surface area contributed by atoms with Gasteiger partial charge in [-0.25, -0.2) is 4.79 Å². The van der Waals surface area contributed by atoms with Gasteiger partial charge >= 0.3 is 6.03 Å². The Morgan fingerprint density at radius 1 is 0.880 bits per heavy atom. The zero-order valence-corrected chi connectivity index (χ0v) is 15.2. The summed E-state index contributed by atoms with van der Waals surface area (Å²) in [7, 11) is 0. The van der Waals surface area contributed by atoms with Crippen molar-refractivity contribution in [2.75, 3.05) is 6.61 Å². The molecule has 0 spiro atoms. The maximum atomic E-state index is 12.5. The van der Waals surface area contributed by atoms with Gasteiger partial charge in [0.2, 0.25) is 0 Å². The molecule has 2 atom stereocenters. The van der Waals surface area contributed by atoms with Crippen molar-refractivity contribution >= 4 is 6.03 Å². The van der Waals surface area contributed by atoms with E-state index in [1.807, 2.05) is 60.7 Å². The van der Waals surface area contributed by atoms with Crippen LogP contribution in [-0.2, 0) is 0 Å². The summed E-state index contributed by atoms with van der Waals surface area (Å²) >= 11 is 0. The highest BCUT2D eigenvalue weighted by atomic mass is 16.3. The third kappa shape index (κ3) is 6.24. The summed E-state index contributed by atoms with van der Waals surface area (Å²) in [4.78, 5) is 12.5. The van der Waals surface area contributed by atoms with Gasteiger partial charge in [0, 0.05) is 0 Å². The summed E-state index contributed by atoms with van der Waals surface area (Å²) in [6, 6.07) is 18.7. The molecule has 0 aromatic heterocycles. The van der Waals surface area contributed by atoms with Crippen LogP contribution >= 0.6 is 0 Å². The van der Waals surface area contributed by atoms with Gasteiger partial charge in [0.05, 0.1) is 18.7 Å². The summed E-state index contributed by atoms with van der Waals surface area (Å²) in [6.07, 6.45) is 0.819. The van der Waals surface area contributed by atoms with E-state index in [0.29, 0.717) is 0 Å². The standard InChI is InChI=1S/C21H28N2O2/c1-21(2,3)14-18(16-10-6-4-7-11-16)22-20(25)23-19(15-24)17-12-8-5-9-13-17/h4-13,18-19,24H,14-15H2,1-3H3,(H2,22,23,25). The Morgan fingerprint density at radius 3 is 1.76 bits per heavy atom. The van der Waals surface area contributed by atoms with E-state index in [-0.39, 0.29) is 24.1 Å². The van der Waals surface area contributed by atoms with Gasteiger partial charge < -0.3 is 15.7 Å². The molecule has 2 aromatic carbocycles. The van der Waals surface area contributed by atoms with Crippen molar-refractivity contribution in [3.63, 3.8) is 0 Å². The number of aliphatic hydroxyl groups excluding tert-OH is 1. The van der Waals surface area contributed by atoms with E-state index >= 15 is 0 Å². The van der Waals surface area contributed by atoms with Gasteiger partial charge in [0.25, 0.3) is 0 Å². The average molecular weight is 340 g/mol. The number of nitrogens with one attached hydrogen (secondary N) is 2. The van der Waals surface area contributed by atoms with Crippen molar-refractivity contribution < 1.29 is 9.90 Å². The topological polar surface area (TPSA) is 61.4 Å². The molecule has 4 heteroatoms. The van der Waals surface area contributed by atoms with E-state index in [1.54, 1.807) is 0 Å². The van der Waals surface area contributed by atoms with Gasteiger partial charge in [-0.1, -0.05) is 81.4 Å². The minimum atomic E-state index is -0.424. The smallest absolute Gasteiger partial charge is 0.315 e. The van der Waals surface area contributed by atoms with Crippen molar-refractivity contribution in [2.24, 2.45) is 5.41 Å². The SMILES string of the molecule is CC(C)(C)CC(NC(=O)NC(CO)c1ccccc1)c1ccccc1. The van der Waals surface area contributed by atoms with E-state index in [2.05, 4.69) is 31.4 Å². The van der Waals surface area contributed by atoms with Crippen molar-refractivity contribution in [3.8, 4) is 0 Å². The van der Waals surface area contributed by atoms with Crippen molar-refractivity contribution in [3.05, 3.63) is 71.8 Å². The van der Waals surface area contributed by atoms with Crippen LogP contribution in [0.3, 0.4) is 0 Å². The van der Waals surface area contributed by atoms with Gasteiger partial charge in [-0.3, -0.25) is 0 Å². The van der Waals surface area contributed by atoms with Crippen LogP contribution in [0.25, 0.3) is 0 Å². The largest absolute Gasteiger partial charge is 0.394 e. The number of carbonyl (C=O) groups excluding carboxylic acids is 1. The molecule has 134 valence electrons. The monoisotopic (exact) mass is 340 g/mol. The molecule has 4 nitrogen and oxygen atoms in total. The Hall–Kier alpha value is -2.33. The molecule has 2 amide bonds. The molecular formula is C21H28N2O2. The highest BCUT2D eigenvalue weighted by Crippen LogP contribution is 2.29. The first-order valence-corrected chi connectivity index (χ1v) is 8.67. The van der Waals surface area contributed by atoms with E-state index in [9.17, 15) is 9.90 Å². The lowest BCUT2D eigenvalue weighted by Gasteiger charge is -2.28. The zero-order chi connectivity index (χ0) is 18.3. The Bertz CT molecular complexity index is 651. The molecule has 0 aliphatic heterocycles. The fourth-order valence-electron chi connectivity index (χ4n) is 2.83. The highest BCUT2D eigenvalue weighted by molar-refractivity contribution is 5.75. The lowest BCUT2D eigenvalue weighted by Crippen LogP contribution is -2.41. The van der Waals surface area contributed by atoms with Gasteiger partial charge in [-0.05, 0) is 23.0 Å². The molecule has 2 unspecified atom stereocenters. The molecule has 3 N–H and O–H groups in total. The Balaban J connectivity index is 2.08. The Labute approximate surface area is 150 Å². The van der Waals surface area contributed by atoms with Gasteiger partial charge in [0.1, 0.15) is 0 Å². The lowest BCUT2D eigenvalue weighted by molar-refractivity contribution is 0.210. The second-order valence-electron chi connectivity index (χ2n) is 7.49. The molecule has 2 rings (SSSR count). The number of amides is 2. The summed E-state index contributed by atoms with van der Waals surface area (Å²) in [5.74, 6) is 0. The van der Waals surface area contributed by atoms with Gasteiger partial charge in [0.15, 0.2) is 0 Å². The third-order valence-electron chi connectivity index (χ3n) is 4.01. The van der Waals surface area contributed by atoms with Crippen LogP contribution in [0.2, 0.25) is 0 Å². The maximum Gasteiger partial charge on any atom is 0.315 e. The average Bonchev–Trinajstić information content (AvgIpc) is 2.59. The number of aliphatic hydroxyl groups is 1. The number of rotatable bonds is 6. The van der Waals surface area contributed by atoms with Gasteiger partial charge in [-0.15, -0.1) is 0 Å². The molecule has 0 aliphatic carbocycles. The number of urea groups is 1. The Morgan fingerprint density at radius 2 is 1.32 bits per heavy atom. The molecule has 0 aliphatic rings. The minimum Gasteiger partial charge on any atom is -0.394 e. The number of benzene rings is 2. The lowest BCUT2D eigenvalue weighted by atomic mass is 9.85. The predicted molar refractivity (Wildman–Crippen MR) is 101 cm³/mol. The molecule has 0 saturated carbocycles. The minimum absolute atomic E-state index is 0.0730. The zero-order valence-electron chi connectivity index (χ0n) is 15.2. The van der Waals surface area contributed by atoms with Crippen LogP contribution < -0.4 is 10.6 Å². The fraction of sp³-hybridized carbons (Fsp3) is 0.381. The van der Waals surface area contributed by atoms with Crippen molar-refractivity contribution in [2.45, 2.75) is 39.3 Å². The van der Waals surface area contributed by atoms with Crippen LogP contribution in [0, 0.1) is 5.41 Å². The molecule has 0 heterocycles. The summed E-state index contributed by atoms with van der Waals surface area (Å²) in [6.45, 7) is 6.32.